The standard InChI is InChI=1S/C14H18ClFN2O2/c1-17-4-6-18(7-5-17)13(9-14(19)20)10-2-3-12(16)11(15)8-10/h2-3,8,13H,4-7,9H2,1H3,(H,19,20). The van der Waals surface area contributed by atoms with Crippen LogP contribution in [-0.4, -0.2) is 54.1 Å². The molecule has 0 spiro atoms. The minimum absolute atomic E-state index is 0.00826. The molecule has 0 saturated carbocycles. The summed E-state index contributed by atoms with van der Waals surface area (Å²) in [4.78, 5) is 15.4. The Hall–Kier alpha value is -1.17. The van der Waals surface area contributed by atoms with Crippen molar-refractivity contribution < 1.29 is 14.3 Å². The van der Waals surface area contributed by atoms with Gasteiger partial charge in [-0.2, -0.15) is 0 Å². The third kappa shape index (κ3) is 3.69. The fourth-order valence-electron chi connectivity index (χ4n) is 2.48. The van der Waals surface area contributed by atoms with Crippen LogP contribution < -0.4 is 0 Å². The molecule has 110 valence electrons. The summed E-state index contributed by atoms with van der Waals surface area (Å²) in [7, 11) is 2.04. The average Bonchev–Trinajstić information content (AvgIpc) is 2.40. The van der Waals surface area contributed by atoms with E-state index in [2.05, 4.69) is 9.80 Å². The summed E-state index contributed by atoms with van der Waals surface area (Å²) in [6.45, 7) is 3.38. The highest BCUT2D eigenvalue weighted by atomic mass is 35.5. The number of halogens is 2. The van der Waals surface area contributed by atoms with Crippen molar-refractivity contribution >= 4 is 17.6 Å². The van der Waals surface area contributed by atoms with Crippen LogP contribution in [0.1, 0.15) is 18.0 Å². The van der Waals surface area contributed by atoms with Crippen LogP contribution in [0.15, 0.2) is 18.2 Å². The fraction of sp³-hybridized carbons (Fsp3) is 0.500. The summed E-state index contributed by atoms with van der Waals surface area (Å²) in [6, 6.07) is 4.18. The van der Waals surface area contributed by atoms with Gasteiger partial charge in [-0.05, 0) is 24.7 Å². The molecule has 1 N–H and O–H groups in total. The number of nitrogens with zero attached hydrogens (tertiary/aromatic N) is 2. The van der Waals surface area contributed by atoms with Crippen molar-refractivity contribution in [1.29, 1.82) is 0 Å². The van der Waals surface area contributed by atoms with Gasteiger partial charge >= 0.3 is 5.97 Å². The number of likely N-dealkylation sites (N-methyl/N-ethyl adjacent to an activating group) is 1. The van der Waals surface area contributed by atoms with Crippen molar-refractivity contribution in [3.05, 3.63) is 34.6 Å². The normalized spacial score (nSPS) is 18.9. The molecule has 0 bridgehead atoms. The second-order valence-corrected chi connectivity index (χ2v) is 5.53. The highest BCUT2D eigenvalue weighted by molar-refractivity contribution is 6.30. The van der Waals surface area contributed by atoms with E-state index in [0.29, 0.717) is 0 Å². The van der Waals surface area contributed by atoms with Gasteiger partial charge in [0.05, 0.1) is 11.4 Å². The molecule has 4 nitrogen and oxygen atoms in total. The molecule has 2 rings (SSSR count). The van der Waals surface area contributed by atoms with Crippen LogP contribution in [0.25, 0.3) is 0 Å². The molecule has 1 aliphatic rings. The number of carboxylic acids is 1. The van der Waals surface area contributed by atoms with E-state index in [4.69, 9.17) is 16.7 Å². The third-order valence-corrected chi connectivity index (χ3v) is 3.96. The molecule has 0 aromatic heterocycles. The van der Waals surface area contributed by atoms with Gasteiger partial charge in [0.25, 0.3) is 0 Å². The summed E-state index contributed by atoms with van der Waals surface area (Å²) < 4.78 is 13.2. The quantitative estimate of drug-likeness (QED) is 0.926. The van der Waals surface area contributed by atoms with Crippen molar-refractivity contribution in [2.24, 2.45) is 0 Å². The summed E-state index contributed by atoms with van der Waals surface area (Å²) in [5.74, 6) is -1.35. The summed E-state index contributed by atoms with van der Waals surface area (Å²) in [6.07, 6.45) is -0.00826. The first-order chi connectivity index (χ1) is 9.47. The van der Waals surface area contributed by atoms with E-state index in [-0.39, 0.29) is 17.5 Å². The lowest BCUT2D eigenvalue weighted by Gasteiger charge is -2.37. The highest BCUT2D eigenvalue weighted by Gasteiger charge is 2.26. The number of carbonyl (C=O) groups is 1. The molecule has 0 radical (unpaired) electrons. The van der Waals surface area contributed by atoms with E-state index in [0.717, 1.165) is 31.7 Å². The topological polar surface area (TPSA) is 43.8 Å². The average molecular weight is 301 g/mol. The van der Waals surface area contributed by atoms with E-state index < -0.39 is 11.8 Å². The molecule has 6 heteroatoms. The van der Waals surface area contributed by atoms with E-state index >= 15 is 0 Å². The maximum Gasteiger partial charge on any atom is 0.305 e. The monoisotopic (exact) mass is 300 g/mol. The molecule has 1 heterocycles. The fourth-order valence-corrected chi connectivity index (χ4v) is 2.67. The van der Waals surface area contributed by atoms with Gasteiger partial charge in [0.2, 0.25) is 0 Å². The maximum atomic E-state index is 13.2. The smallest absolute Gasteiger partial charge is 0.305 e. The molecule has 0 aliphatic carbocycles. The minimum Gasteiger partial charge on any atom is -0.481 e. The van der Waals surface area contributed by atoms with Crippen molar-refractivity contribution in [3.8, 4) is 0 Å². The van der Waals surface area contributed by atoms with Crippen LogP contribution in [0, 0.1) is 5.82 Å². The van der Waals surface area contributed by atoms with Crippen LogP contribution in [0.3, 0.4) is 0 Å². The van der Waals surface area contributed by atoms with Gasteiger partial charge in [-0.1, -0.05) is 17.7 Å². The summed E-state index contributed by atoms with van der Waals surface area (Å²) in [5, 5.41) is 9.14. The number of carboxylic acid groups (broad SMARTS) is 1. The first-order valence-corrected chi connectivity index (χ1v) is 6.94. The predicted molar refractivity (Wildman–Crippen MR) is 75.5 cm³/mol. The predicted octanol–water partition coefficient (Wildman–Crippen LogP) is 2.24. The van der Waals surface area contributed by atoms with Gasteiger partial charge in [-0.15, -0.1) is 0 Å². The molecule has 1 saturated heterocycles. The molecule has 1 aromatic carbocycles. The second kappa shape index (κ2) is 6.52. The van der Waals surface area contributed by atoms with E-state index in [1.54, 1.807) is 6.07 Å². The van der Waals surface area contributed by atoms with Gasteiger partial charge in [0, 0.05) is 32.2 Å². The first kappa shape index (κ1) is 15.2. The van der Waals surface area contributed by atoms with Gasteiger partial charge in [-0.3, -0.25) is 9.69 Å². The second-order valence-electron chi connectivity index (χ2n) is 5.13. The van der Waals surface area contributed by atoms with Gasteiger partial charge in [0.1, 0.15) is 5.82 Å². The van der Waals surface area contributed by atoms with E-state index in [1.165, 1.54) is 12.1 Å². The molecular formula is C14H18ClFN2O2. The summed E-state index contributed by atoms with van der Waals surface area (Å²) >= 11 is 5.81. The Bertz CT molecular complexity index is 490. The van der Waals surface area contributed by atoms with Crippen LogP contribution in [0.5, 0.6) is 0 Å². The number of piperazine rings is 1. The Labute approximate surface area is 122 Å². The molecule has 1 fully saturated rings. The minimum atomic E-state index is -0.866. The third-order valence-electron chi connectivity index (χ3n) is 3.68. The van der Waals surface area contributed by atoms with E-state index in [1.807, 2.05) is 7.05 Å². The lowest BCUT2D eigenvalue weighted by molar-refractivity contribution is -0.138. The lowest BCUT2D eigenvalue weighted by Crippen LogP contribution is -2.46. The largest absolute Gasteiger partial charge is 0.481 e. The zero-order valence-electron chi connectivity index (χ0n) is 11.4. The number of hydrogen-bond donors (Lipinski definition) is 1. The molecule has 1 atom stereocenters. The zero-order valence-corrected chi connectivity index (χ0v) is 12.1. The molecule has 0 amide bonds. The number of rotatable bonds is 4. The van der Waals surface area contributed by atoms with Gasteiger partial charge < -0.3 is 10.0 Å². The van der Waals surface area contributed by atoms with Gasteiger partial charge in [-0.25, -0.2) is 4.39 Å². The Morgan fingerprint density at radius 3 is 2.60 bits per heavy atom. The summed E-state index contributed by atoms with van der Waals surface area (Å²) in [5.41, 5.74) is 0.753. The molecule has 1 aliphatic heterocycles. The van der Waals surface area contributed by atoms with Gasteiger partial charge in [0.15, 0.2) is 0 Å². The molecule has 20 heavy (non-hydrogen) atoms. The Kier molecular flexibility index (Phi) is 4.96. The van der Waals surface area contributed by atoms with Crippen molar-refractivity contribution in [1.82, 2.24) is 9.80 Å². The molecule has 1 unspecified atom stereocenters. The SMILES string of the molecule is CN1CCN(C(CC(=O)O)c2ccc(F)c(Cl)c2)CC1. The van der Waals surface area contributed by atoms with Crippen molar-refractivity contribution in [3.63, 3.8) is 0 Å². The number of hydrogen-bond acceptors (Lipinski definition) is 3. The Morgan fingerprint density at radius 1 is 1.40 bits per heavy atom. The van der Waals surface area contributed by atoms with Crippen LogP contribution in [-0.2, 0) is 4.79 Å². The lowest BCUT2D eigenvalue weighted by atomic mass is 10.0. The Balaban J connectivity index is 2.22. The van der Waals surface area contributed by atoms with Crippen molar-refractivity contribution in [2.75, 3.05) is 33.2 Å². The first-order valence-electron chi connectivity index (χ1n) is 6.56. The van der Waals surface area contributed by atoms with E-state index in [9.17, 15) is 9.18 Å². The Morgan fingerprint density at radius 2 is 2.05 bits per heavy atom. The molecule has 1 aromatic rings. The zero-order chi connectivity index (χ0) is 14.7. The van der Waals surface area contributed by atoms with Crippen molar-refractivity contribution in [2.45, 2.75) is 12.5 Å². The van der Waals surface area contributed by atoms with Crippen LogP contribution in [0.4, 0.5) is 4.39 Å². The number of benzene rings is 1. The number of aliphatic carboxylic acids is 1. The highest BCUT2D eigenvalue weighted by Crippen LogP contribution is 2.28. The molecular weight excluding hydrogens is 283 g/mol. The van der Waals surface area contributed by atoms with Crippen LogP contribution in [0.2, 0.25) is 5.02 Å². The maximum absolute atomic E-state index is 13.2. The van der Waals surface area contributed by atoms with Crippen LogP contribution >= 0.6 is 11.6 Å².